The summed E-state index contributed by atoms with van der Waals surface area (Å²) in [5.41, 5.74) is 2.66. The molecule has 3 rings (SSSR count). The molecule has 0 fully saturated rings. The van der Waals surface area contributed by atoms with Crippen LogP contribution in [0, 0.1) is 12.3 Å². The predicted octanol–water partition coefficient (Wildman–Crippen LogP) is 3.27. The summed E-state index contributed by atoms with van der Waals surface area (Å²) in [6.45, 7) is 0.0561. The summed E-state index contributed by atoms with van der Waals surface area (Å²) in [4.78, 5) is 16.3. The smallest absolute Gasteiger partial charge is 0.311 e. The summed E-state index contributed by atoms with van der Waals surface area (Å²) in [6.07, 6.45) is 8.65. The van der Waals surface area contributed by atoms with Gasteiger partial charge in [-0.1, -0.05) is 33.2 Å². The number of thiazole rings is 1. The molecule has 6 heteroatoms. The molecule has 2 aromatic rings. The van der Waals surface area contributed by atoms with Gasteiger partial charge in [0.15, 0.2) is 0 Å². The minimum absolute atomic E-state index is 0.0561. The molecule has 0 unspecified atom stereocenters. The molecule has 1 aromatic heterocycles. The lowest BCUT2D eigenvalue weighted by Crippen LogP contribution is -2.10. The number of hydrogen-bond donors (Lipinski definition) is 1. The third-order valence-electron chi connectivity index (χ3n) is 3.04. The molecule has 104 valence electrons. The van der Waals surface area contributed by atoms with Gasteiger partial charge in [0.05, 0.1) is 17.1 Å². The standard InChI is InChI=1S/C15H9BrN2O2S/c1-2-5-18-14(19)13(21-15(18)20)6-9-8-17-12-4-3-10(16)7-11(9)12/h1,3-4,6-8,19H,5H2. The van der Waals surface area contributed by atoms with Crippen LogP contribution in [0.4, 0.5) is 5.69 Å². The number of aliphatic imine (C=N–C) groups is 1. The maximum Gasteiger partial charge on any atom is 0.311 e. The molecule has 1 N–H and O–H groups in total. The van der Waals surface area contributed by atoms with Gasteiger partial charge in [0.25, 0.3) is 0 Å². The van der Waals surface area contributed by atoms with E-state index in [1.165, 1.54) is 4.57 Å². The maximum atomic E-state index is 11.8. The van der Waals surface area contributed by atoms with Crippen molar-refractivity contribution >= 4 is 50.8 Å². The number of hydrogen-bond acceptors (Lipinski definition) is 4. The van der Waals surface area contributed by atoms with Crippen molar-refractivity contribution < 1.29 is 5.11 Å². The van der Waals surface area contributed by atoms with E-state index in [-0.39, 0.29) is 17.3 Å². The van der Waals surface area contributed by atoms with Crippen LogP contribution in [0.5, 0.6) is 5.88 Å². The molecule has 0 saturated carbocycles. The second-order valence-electron chi connectivity index (χ2n) is 4.37. The van der Waals surface area contributed by atoms with Crippen molar-refractivity contribution in [3.8, 4) is 18.2 Å². The lowest BCUT2D eigenvalue weighted by molar-refractivity contribution is 0.423. The number of rotatable bonds is 2. The molecule has 1 aliphatic heterocycles. The van der Waals surface area contributed by atoms with Crippen molar-refractivity contribution in [3.63, 3.8) is 0 Å². The van der Waals surface area contributed by atoms with Crippen LogP contribution in [0.1, 0.15) is 10.4 Å². The highest BCUT2D eigenvalue weighted by molar-refractivity contribution is 9.10. The number of aromatic hydroxyl groups is 1. The third-order valence-corrected chi connectivity index (χ3v) is 4.45. The fraction of sp³-hybridized carbons (Fsp3) is 0.0667. The first-order valence-corrected chi connectivity index (χ1v) is 7.63. The van der Waals surface area contributed by atoms with E-state index in [9.17, 15) is 9.90 Å². The van der Waals surface area contributed by atoms with Gasteiger partial charge in [0.2, 0.25) is 5.88 Å². The third kappa shape index (κ3) is 2.46. The van der Waals surface area contributed by atoms with E-state index in [1.807, 2.05) is 18.2 Å². The summed E-state index contributed by atoms with van der Waals surface area (Å²) < 4.78 is 2.12. The van der Waals surface area contributed by atoms with Crippen LogP contribution in [0.25, 0.3) is 11.6 Å². The normalized spacial score (nSPS) is 14.4. The van der Waals surface area contributed by atoms with Gasteiger partial charge in [0.1, 0.15) is 0 Å². The van der Waals surface area contributed by atoms with Gasteiger partial charge in [-0.25, -0.2) is 0 Å². The second kappa shape index (κ2) is 5.35. The zero-order valence-electron chi connectivity index (χ0n) is 10.7. The molecule has 1 aliphatic rings. The highest BCUT2D eigenvalue weighted by Crippen LogP contribution is 2.36. The fourth-order valence-electron chi connectivity index (χ4n) is 2.06. The SMILES string of the molecule is C#CCn1c(O)c(C=C2C=Nc3ccc(Br)cc32)sc1=O. The van der Waals surface area contributed by atoms with E-state index in [0.717, 1.165) is 32.6 Å². The van der Waals surface area contributed by atoms with Crippen molar-refractivity contribution in [2.75, 3.05) is 0 Å². The van der Waals surface area contributed by atoms with Gasteiger partial charge in [0, 0.05) is 21.8 Å². The molecule has 4 nitrogen and oxygen atoms in total. The first-order valence-electron chi connectivity index (χ1n) is 6.02. The molecule has 0 atom stereocenters. The summed E-state index contributed by atoms with van der Waals surface area (Å²) in [6, 6.07) is 5.77. The molecule has 0 aliphatic carbocycles. The van der Waals surface area contributed by atoms with E-state index < -0.39 is 0 Å². The average Bonchev–Trinajstić information content (AvgIpc) is 2.96. The fourth-order valence-corrected chi connectivity index (χ4v) is 3.25. The summed E-state index contributed by atoms with van der Waals surface area (Å²) in [5.74, 6) is 2.25. The number of nitrogens with zero attached hydrogens (tertiary/aromatic N) is 2. The predicted molar refractivity (Wildman–Crippen MR) is 89.2 cm³/mol. The van der Waals surface area contributed by atoms with E-state index in [2.05, 4.69) is 26.8 Å². The first kappa shape index (κ1) is 13.9. The Hall–Kier alpha value is -2.10. The molecular weight excluding hydrogens is 352 g/mol. The molecule has 21 heavy (non-hydrogen) atoms. The molecule has 0 saturated heterocycles. The number of halogens is 1. The molecule has 0 radical (unpaired) electrons. The van der Waals surface area contributed by atoms with Gasteiger partial charge < -0.3 is 5.11 Å². The number of fused-ring (bicyclic) bond motifs is 1. The molecule has 0 amide bonds. The first-order chi connectivity index (χ1) is 10.1. The second-order valence-corrected chi connectivity index (χ2v) is 6.27. The maximum absolute atomic E-state index is 11.8. The Labute approximate surface area is 133 Å². The Morgan fingerprint density at radius 3 is 3.10 bits per heavy atom. The lowest BCUT2D eigenvalue weighted by atomic mass is 10.1. The van der Waals surface area contributed by atoms with Crippen LogP contribution in [-0.4, -0.2) is 15.9 Å². The zero-order valence-corrected chi connectivity index (χ0v) is 13.1. The molecule has 0 bridgehead atoms. The Bertz CT molecular complexity index is 884. The summed E-state index contributed by atoms with van der Waals surface area (Å²) in [7, 11) is 0. The average molecular weight is 361 g/mol. The largest absolute Gasteiger partial charge is 0.493 e. The van der Waals surface area contributed by atoms with Crippen LogP contribution in [0.15, 0.2) is 32.5 Å². The van der Waals surface area contributed by atoms with Gasteiger partial charge >= 0.3 is 4.87 Å². The van der Waals surface area contributed by atoms with Crippen LogP contribution in [0.2, 0.25) is 0 Å². The molecule has 2 heterocycles. The monoisotopic (exact) mass is 360 g/mol. The number of benzene rings is 1. The lowest BCUT2D eigenvalue weighted by Gasteiger charge is -2.01. The van der Waals surface area contributed by atoms with Gasteiger partial charge in [-0.3, -0.25) is 14.4 Å². The quantitative estimate of drug-likeness (QED) is 0.835. The highest BCUT2D eigenvalue weighted by atomic mass is 79.9. The highest BCUT2D eigenvalue weighted by Gasteiger charge is 2.16. The van der Waals surface area contributed by atoms with Crippen molar-refractivity contribution in [2.45, 2.75) is 6.54 Å². The van der Waals surface area contributed by atoms with Crippen molar-refractivity contribution in [2.24, 2.45) is 4.99 Å². The minimum atomic E-state index is -0.276. The van der Waals surface area contributed by atoms with E-state index in [0.29, 0.717) is 4.88 Å². The van der Waals surface area contributed by atoms with E-state index >= 15 is 0 Å². The van der Waals surface area contributed by atoms with Crippen LogP contribution >= 0.6 is 27.3 Å². The van der Waals surface area contributed by atoms with E-state index in [1.54, 1.807) is 12.3 Å². The van der Waals surface area contributed by atoms with Crippen LogP contribution < -0.4 is 4.87 Å². The number of aromatic nitrogens is 1. The van der Waals surface area contributed by atoms with Crippen molar-refractivity contribution in [1.82, 2.24) is 4.57 Å². The van der Waals surface area contributed by atoms with E-state index in [4.69, 9.17) is 6.42 Å². The van der Waals surface area contributed by atoms with Gasteiger partial charge in [-0.15, -0.1) is 6.42 Å². The Kier molecular flexibility index (Phi) is 3.53. The zero-order chi connectivity index (χ0) is 15.0. The Morgan fingerprint density at radius 1 is 1.52 bits per heavy atom. The van der Waals surface area contributed by atoms with Crippen molar-refractivity contribution in [3.05, 3.63) is 42.8 Å². The van der Waals surface area contributed by atoms with Crippen LogP contribution in [0.3, 0.4) is 0 Å². The Morgan fingerprint density at radius 2 is 2.33 bits per heavy atom. The summed E-state index contributed by atoms with van der Waals surface area (Å²) in [5, 5.41) is 10.1. The van der Waals surface area contributed by atoms with Gasteiger partial charge in [-0.2, -0.15) is 0 Å². The molecule has 1 aromatic carbocycles. The Balaban J connectivity index is 2.08. The number of terminal acetylenes is 1. The minimum Gasteiger partial charge on any atom is -0.493 e. The summed E-state index contributed by atoms with van der Waals surface area (Å²) >= 11 is 4.38. The topological polar surface area (TPSA) is 54.6 Å². The van der Waals surface area contributed by atoms with Crippen molar-refractivity contribution in [1.29, 1.82) is 0 Å². The van der Waals surface area contributed by atoms with Crippen LogP contribution in [-0.2, 0) is 6.54 Å². The van der Waals surface area contributed by atoms with Gasteiger partial charge in [-0.05, 0) is 24.3 Å². The number of allylic oxidation sites excluding steroid dienone is 1. The molecule has 0 spiro atoms. The molecular formula is C15H9BrN2O2S.